The van der Waals surface area contributed by atoms with Gasteiger partial charge in [0, 0.05) is 12.5 Å². The highest BCUT2D eigenvalue weighted by Crippen LogP contribution is 2.27. The molecule has 0 aromatic rings. The van der Waals surface area contributed by atoms with Crippen LogP contribution in [0.2, 0.25) is 0 Å². The summed E-state index contributed by atoms with van der Waals surface area (Å²) < 4.78 is 0. The Morgan fingerprint density at radius 1 is 1.29 bits per heavy atom. The molecule has 100 valence electrons. The molecule has 17 heavy (non-hydrogen) atoms. The third kappa shape index (κ3) is 5.53. The molecule has 0 aromatic carbocycles. The zero-order chi connectivity index (χ0) is 12.7. The van der Waals surface area contributed by atoms with E-state index in [1.807, 2.05) is 0 Å². The molecular formula is C14H27NO2. The Balaban J connectivity index is 2.26. The summed E-state index contributed by atoms with van der Waals surface area (Å²) >= 11 is 0. The second-order valence-electron chi connectivity index (χ2n) is 5.41. The summed E-state index contributed by atoms with van der Waals surface area (Å²) in [6.07, 6.45) is 9.05. The van der Waals surface area contributed by atoms with Crippen molar-refractivity contribution in [3.63, 3.8) is 0 Å². The number of rotatable bonds is 6. The first kappa shape index (κ1) is 14.5. The molecule has 3 heteroatoms. The van der Waals surface area contributed by atoms with Crippen LogP contribution in [0.4, 0.5) is 0 Å². The third-order valence-corrected chi connectivity index (χ3v) is 4.16. The Morgan fingerprint density at radius 3 is 2.71 bits per heavy atom. The van der Waals surface area contributed by atoms with Crippen LogP contribution in [0.5, 0.6) is 0 Å². The topological polar surface area (TPSA) is 40.5 Å². The lowest BCUT2D eigenvalue weighted by atomic mass is 9.97. The lowest BCUT2D eigenvalue weighted by Gasteiger charge is -2.26. The normalized spacial score (nSPS) is 25.8. The summed E-state index contributed by atoms with van der Waals surface area (Å²) in [7, 11) is 2.15. The van der Waals surface area contributed by atoms with E-state index in [-0.39, 0.29) is 0 Å². The fraction of sp³-hybridized carbons (Fsp3) is 0.929. The number of hydrogen-bond donors (Lipinski definition) is 1. The molecule has 1 aliphatic carbocycles. The van der Waals surface area contributed by atoms with Gasteiger partial charge in [-0.1, -0.05) is 26.2 Å². The smallest absolute Gasteiger partial charge is 0.303 e. The highest BCUT2D eigenvalue weighted by Gasteiger charge is 2.20. The molecule has 0 saturated heterocycles. The zero-order valence-electron chi connectivity index (χ0n) is 11.3. The molecule has 0 spiro atoms. The maximum Gasteiger partial charge on any atom is 0.303 e. The van der Waals surface area contributed by atoms with E-state index >= 15 is 0 Å². The van der Waals surface area contributed by atoms with E-state index in [1.54, 1.807) is 0 Å². The van der Waals surface area contributed by atoms with Crippen LogP contribution < -0.4 is 0 Å². The van der Waals surface area contributed by atoms with Crippen LogP contribution in [0.1, 0.15) is 58.3 Å². The molecule has 2 unspecified atom stereocenters. The van der Waals surface area contributed by atoms with E-state index < -0.39 is 5.97 Å². The maximum atomic E-state index is 10.5. The minimum absolute atomic E-state index is 0.300. The van der Waals surface area contributed by atoms with Crippen LogP contribution in [0.25, 0.3) is 0 Å². The van der Waals surface area contributed by atoms with E-state index in [9.17, 15) is 4.79 Å². The van der Waals surface area contributed by atoms with E-state index in [0.717, 1.165) is 18.9 Å². The first-order valence-corrected chi connectivity index (χ1v) is 7.05. The number of carbonyl (C=O) groups is 1. The molecule has 1 N–H and O–H groups in total. The van der Waals surface area contributed by atoms with Crippen molar-refractivity contribution < 1.29 is 9.90 Å². The van der Waals surface area contributed by atoms with Gasteiger partial charge in [-0.2, -0.15) is 0 Å². The van der Waals surface area contributed by atoms with Crippen molar-refractivity contribution in [1.82, 2.24) is 4.90 Å². The number of nitrogens with zero attached hydrogens (tertiary/aromatic N) is 1. The Morgan fingerprint density at radius 2 is 2.06 bits per heavy atom. The summed E-state index contributed by atoms with van der Waals surface area (Å²) in [5.41, 5.74) is 0. The number of aliphatic carboxylic acids is 1. The molecule has 0 heterocycles. The molecule has 0 aliphatic heterocycles. The molecule has 0 radical (unpaired) electrons. The van der Waals surface area contributed by atoms with Crippen molar-refractivity contribution >= 4 is 5.97 Å². The van der Waals surface area contributed by atoms with Crippen LogP contribution in [0, 0.1) is 5.92 Å². The Bertz CT molecular complexity index is 230. The van der Waals surface area contributed by atoms with Gasteiger partial charge in [0.25, 0.3) is 0 Å². The van der Waals surface area contributed by atoms with Crippen LogP contribution >= 0.6 is 0 Å². The summed E-state index contributed by atoms with van der Waals surface area (Å²) in [5, 5.41) is 8.63. The maximum absolute atomic E-state index is 10.5. The second kappa shape index (κ2) is 7.70. The number of carboxylic acids is 1. The predicted octanol–water partition coefficient (Wildman–Crippen LogP) is 3.14. The van der Waals surface area contributed by atoms with Crippen LogP contribution in [0.15, 0.2) is 0 Å². The van der Waals surface area contributed by atoms with Gasteiger partial charge in [-0.05, 0) is 45.2 Å². The van der Waals surface area contributed by atoms with Gasteiger partial charge in [0.2, 0.25) is 0 Å². The summed E-state index contributed by atoms with van der Waals surface area (Å²) in [6, 6.07) is 0.681. The lowest BCUT2D eigenvalue weighted by molar-refractivity contribution is -0.137. The molecular weight excluding hydrogens is 214 g/mol. The van der Waals surface area contributed by atoms with Gasteiger partial charge in [0.1, 0.15) is 0 Å². The monoisotopic (exact) mass is 241 g/mol. The molecule has 3 nitrogen and oxygen atoms in total. The van der Waals surface area contributed by atoms with Crippen molar-refractivity contribution in [2.75, 3.05) is 13.6 Å². The highest BCUT2D eigenvalue weighted by molar-refractivity contribution is 5.66. The lowest BCUT2D eigenvalue weighted by Crippen LogP contribution is -2.32. The number of hydrogen-bond acceptors (Lipinski definition) is 2. The molecule has 1 saturated carbocycles. The van der Waals surface area contributed by atoms with Crippen molar-refractivity contribution in [2.24, 2.45) is 5.92 Å². The van der Waals surface area contributed by atoms with Crippen molar-refractivity contribution in [1.29, 1.82) is 0 Å². The van der Waals surface area contributed by atoms with Crippen molar-refractivity contribution in [3.8, 4) is 0 Å². The Hall–Kier alpha value is -0.570. The quantitative estimate of drug-likeness (QED) is 0.726. The SMILES string of the molecule is CCC1CCCC(N(C)CCCC(=O)O)CC1. The fourth-order valence-electron chi connectivity index (χ4n) is 2.87. The highest BCUT2D eigenvalue weighted by atomic mass is 16.4. The van der Waals surface area contributed by atoms with Gasteiger partial charge in [0.05, 0.1) is 0 Å². The van der Waals surface area contributed by atoms with Gasteiger partial charge >= 0.3 is 5.97 Å². The Kier molecular flexibility index (Phi) is 6.56. The molecule has 1 fully saturated rings. The van der Waals surface area contributed by atoms with E-state index in [1.165, 1.54) is 38.5 Å². The fourth-order valence-corrected chi connectivity index (χ4v) is 2.87. The third-order valence-electron chi connectivity index (χ3n) is 4.16. The molecule has 1 aliphatic rings. The Labute approximate surface area is 105 Å². The molecule has 1 rings (SSSR count). The van der Waals surface area contributed by atoms with E-state index in [4.69, 9.17) is 5.11 Å². The van der Waals surface area contributed by atoms with Gasteiger partial charge in [-0.25, -0.2) is 0 Å². The summed E-state index contributed by atoms with van der Waals surface area (Å²) in [6.45, 7) is 3.22. The van der Waals surface area contributed by atoms with Gasteiger partial charge in [0.15, 0.2) is 0 Å². The van der Waals surface area contributed by atoms with Crippen LogP contribution in [0.3, 0.4) is 0 Å². The first-order valence-electron chi connectivity index (χ1n) is 7.05. The van der Waals surface area contributed by atoms with Gasteiger partial charge in [-0.3, -0.25) is 4.79 Å². The van der Waals surface area contributed by atoms with Crippen molar-refractivity contribution in [2.45, 2.75) is 64.3 Å². The number of carboxylic acid groups (broad SMARTS) is 1. The molecule has 0 bridgehead atoms. The first-order chi connectivity index (χ1) is 8.13. The van der Waals surface area contributed by atoms with Crippen LogP contribution in [-0.2, 0) is 4.79 Å². The minimum atomic E-state index is -0.676. The van der Waals surface area contributed by atoms with Crippen molar-refractivity contribution in [3.05, 3.63) is 0 Å². The standard InChI is InChI=1S/C14H27NO2/c1-3-12-6-4-7-13(10-9-12)15(2)11-5-8-14(16)17/h12-13H,3-11H2,1-2H3,(H,16,17). The molecule has 2 atom stereocenters. The predicted molar refractivity (Wildman–Crippen MR) is 70.2 cm³/mol. The average molecular weight is 241 g/mol. The second-order valence-corrected chi connectivity index (χ2v) is 5.41. The van der Waals surface area contributed by atoms with Gasteiger partial charge in [-0.15, -0.1) is 0 Å². The summed E-state index contributed by atoms with van der Waals surface area (Å²) in [4.78, 5) is 12.9. The zero-order valence-corrected chi connectivity index (χ0v) is 11.3. The average Bonchev–Trinajstić information content (AvgIpc) is 2.53. The van der Waals surface area contributed by atoms with Crippen LogP contribution in [-0.4, -0.2) is 35.6 Å². The minimum Gasteiger partial charge on any atom is -0.481 e. The van der Waals surface area contributed by atoms with E-state index in [0.29, 0.717) is 12.5 Å². The molecule has 0 amide bonds. The van der Waals surface area contributed by atoms with E-state index in [2.05, 4.69) is 18.9 Å². The molecule has 0 aromatic heterocycles. The largest absolute Gasteiger partial charge is 0.481 e. The summed E-state index contributed by atoms with van der Waals surface area (Å²) in [5.74, 6) is 0.248. The van der Waals surface area contributed by atoms with Gasteiger partial charge < -0.3 is 10.0 Å².